The van der Waals surface area contributed by atoms with Gasteiger partial charge in [-0.1, -0.05) is 16.9 Å². The number of hydrogen-bond donors (Lipinski definition) is 5. The van der Waals surface area contributed by atoms with E-state index >= 15 is 0 Å². The van der Waals surface area contributed by atoms with Crippen LogP contribution in [0, 0.1) is 13.8 Å². The summed E-state index contributed by atoms with van der Waals surface area (Å²) in [6.45, 7) is 6.17. The highest BCUT2D eigenvalue weighted by molar-refractivity contribution is 8.01. The van der Waals surface area contributed by atoms with Crippen molar-refractivity contribution in [2.75, 3.05) is 23.0 Å². The van der Waals surface area contributed by atoms with Crippen molar-refractivity contribution in [2.45, 2.75) is 49.9 Å². The lowest BCUT2D eigenvalue weighted by Crippen LogP contribution is -2.71. The molecule has 20 heteroatoms. The van der Waals surface area contributed by atoms with Crippen molar-refractivity contribution in [1.29, 1.82) is 0 Å². The Kier molecular flexibility index (Phi) is 8.40. The molecular formula is C25H29N10O7S3+. The lowest BCUT2D eigenvalue weighted by Gasteiger charge is -2.49. The number of carbonyl (C=O) groups is 4. The topological polar surface area (TPSA) is 245 Å². The first kappa shape index (κ1) is 32.0. The Labute approximate surface area is 267 Å². The molecule has 0 bridgehead atoms. The van der Waals surface area contributed by atoms with Crippen molar-refractivity contribution >= 4 is 80.9 Å². The van der Waals surface area contributed by atoms with Crippen LogP contribution < -0.4 is 21.4 Å². The fourth-order valence-electron chi connectivity index (χ4n) is 4.50. The Bertz CT molecular complexity index is 1830. The molecule has 2 aliphatic rings. The molecule has 17 nitrogen and oxygen atoms in total. The van der Waals surface area contributed by atoms with Crippen molar-refractivity contribution < 1.29 is 38.8 Å². The normalized spacial score (nSPS) is 18.6. The molecule has 7 N–H and O–H groups in total. The summed E-state index contributed by atoms with van der Waals surface area (Å²) >= 11 is 3.54. The zero-order chi connectivity index (χ0) is 33.0. The summed E-state index contributed by atoms with van der Waals surface area (Å²) in [5, 5.41) is 31.6. The molecule has 2 amide bonds. The Hall–Kier alpha value is -4.43. The number of anilines is 2. The molecule has 45 heavy (non-hydrogen) atoms. The van der Waals surface area contributed by atoms with Crippen molar-refractivity contribution in [1.82, 2.24) is 29.8 Å². The van der Waals surface area contributed by atoms with Gasteiger partial charge in [-0.05, 0) is 30.9 Å². The lowest BCUT2D eigenvalue weighted by molar-refractivity contribution is -0.652. The summed E-state index contributed by atoms with van der Waals surface area (Å²) in [5.74, 6) is -2.63. The Morgan fingerprint density at radius 3 is 2.60 bits per heavy atom. The number of nitrogens with two attached hydrogens (primary N) is 2. The molecule has 1 saturated heterocycles. The van der Waals surface area contributed by atoms with E-state index in [1.807, 2.05) is 25.5 Å². The van der Waals surface area contributed by atoms with Crippen LogP contribution >= 0.6 is 34.9 Å². The van der Waals surface area contributed by atoms with E-state index in [-0.39, 0.29) is 28.0 Å². The van der Waals surface area contributed by atoms with Gasteiger partial charge in [0, 0.05) is 28.9 Å². The van der Waals surface area contributed by atoms with Gasteiger partial charge in [-0.25, -0.2) is 19.1 Å². The molecule has 2 aliphatic heterocycles. The smallest absolute Gasteiger partial charge is 0.352 e. The number of nitrogen functional groups attached to an aromatic ring is 2. The number of aryl methyl sites for hydroxylation is 3. The van der Waals surface area contributed by atoms with Gasteiger partial charge in [0.2, 0.25) is 5.60 Å². The van der Waals surface area contributed by atoms with Gasteiger partial charge >= 0.3 is 11.9 Å². The van der Waals surface area contributed by atoms with Crippen LogP contribution in [0.4, 0.5) is 10.9 Å². The van der Waals surface area contributed by atoms with Gasteiger partial charge in [-0.3, -0.25) is 14.5 Å². The van der Waals surface area contributed by atoms with Gasteiger partial charge in [0.25, 0.3) is 28.4 Å². The minimum Gasteiger partial charge on any atom is -0.478 e. The summed E-state index contributed by atoms with van der Waals surface area (Å²) in [6, 6.07) is -1.09. The maximum Gasteiger partial charge on any atom is 0.352 e. The minimum absolute atomic E-state index is 0.0157. The van der Waals surface area contributed by atoms with Crippen LogP contribution in [0.3, 0.4) is 0 Å². The SMILES string of the molecule is Cc1c(N)nc(SCC2=C(C(=O)O)N3C(=O)C(NC(=O)/C(=N\OC(C)(C)C(=O)O)c4csc(N)n4)C3SC2)n2nc(C)[n+](C)c12. The fraction of sp³-hybridized carbons (Fsp3) is 0.400. The summed E-state index contributed by atoms with van der Waals surface area (Å²) < 4.78 is 3.54. The number of hydrogen-bond acceptors (Lipinski definition) is 14. The Morgan fingerprint density at radius 2 is 1.98 bits per heavy atom. The van der Waals surface area contributed by atoms with Crippen LogP contribution in [0.25, 0.3) is 5.65 Å². The lowest BCUT2D eigenvalue weighted by atomic mass is 10.0. The van der Waals surface area contributed by atoms with Gasteiger partial charge in [-0.15, -0.1) is 23.1 Å². The monoisotopic (exact) mass is 677 g/mol. The zero-order valence-corrected chi connectivity index (χ0v) is 27.0. The van der Waals surface area contributed by atoms with Crippen molar-refractivity contribution in [3.8, 4) is 0 Å². The third kappa shape index (κ3) is 5.75. The molecule has 0 aromatic carbocycles. The number of carbonyl (C=O) groups excluding carboxylic acids is 2. The molecule has 3 aromatic heterocycles. The third-order valence-electron chi connectivity index (χ3n) is 7.14. The second-order valence-corrected chi connectivity index (χ2v) is 13.5. The predicted molar refractivity (Wildman–Crippen MR) is 164 cm³/mol. The molecular weight excluding hydrogens is 649 g/mol. The maximum atomic E-state index is 13.3. The standard InChI is InChI=1S/C25H28N10O7S3/c1-9-16(26)30-24(35-18(9)33(5)10(2)31-35)45-7-11-6-43-20-14(19(37)34(20)15(11)21(38)39)29-17(36)13(12-8-44-23(27)28-12)32-42-25(3,4)22(40)41/h8,14,20,26H,6-7H2,1-5H3,(H5,27,28,29,36,38,39,40,41)/p+1/b32-13-. The predicted octanol–water partition coefficient (Wildman–Crippen LogP) is -0.0937. The van der Waals surface area contributed by atoms with E-state index in [0.29, 0.717) is 16.5 Å². The fourth-order valence-corrected chi connectivity index (χ4v) is 7.47. The number of oxime groups is 1. The molecule has 0 aliphatic carbocycles. The average molecular weight is 678 g/mol. The number of aliphatic carboxylic acids is 2. The summed E-state index contributed by atoms with van der Waals surface area (Å²) in [6.07, 6.45) is 0. The third-order valence-corrected chi connectivity index (χ3v) is 10.2. The van der Waals surface area contributed by atoms with Gasteiger partial charge in [0.1, 0.15) is 28.6 Å². The second kappa shape index (κ2) is 11.8. The summed E-state index contributed by atoms with van der Waals surface area (Å²) in [4.78, 5) is 65.2. The molecule has 0 spiro atoms. The molecule has 0 saturated carbocycles. The van der Waals surface area contributed by atoms with E-state index in [1.165, 1.54) is 42.8 Å². The maximum absolute atomic E-state index is 13.3. The first-order chi connectivity index (χ1) is 21.1. The number of amides is 2. The quantitative estimate of drug-likeness (QED) is 0.0470. The molecule has 1 fully saturated rings. The molecule has 5 rings (SSSR count). The molecule has 3 aromatic rings. The van der Waals surface area contributed by atoms with Crippen LogP contribution in [-0.4, -0.2) is 92.7 Å². The van der Waals surface area contributed by atoms with Crippen LogP contribution in [0.5, 0.6) is 0 Å². The van der Waals surface area contributed by atoms with Gasteiger partial charge in [0.15, 0.2) is 10.8 Å². The number of carboxylic acids is 2. The molecule has 2 unspecified atom stereocenters. The number of thioether (sulfide) groups is 2. The Balaban J connectivity index is 1.36. The molecule has 0 radical (unpaired) electrons. The van der Waals surface area contributed by atoms with Crippen molar-refractivity contribution in [2.24, 2.45) is 12.2 Å². The highest BCUT2D eigenvalue weighted by Gasteiger charge is 2.54. The highest BCUT2D eigenvalue weighted by Crippen LogP contribution is 2.41. The number of aromatic nitrogens is 5. The van der Waals surface area contributed by atoms with E-state index in [1.54, 1.807) is 4.52 Å². The van der Waals surface area contributed by atoms with Crippen LogP contribution in [-0.2, 0) is 31.1 Å². The highest BCUT2D eigenvalue weighted by atomic mass is 32.2. The van der Waals surface area contributed by atoms with E-state index in [4.69, 9.17) is 16.3 Å². The van der Waals surface area contributed by atoms with Gasteiger partial charge in [0.05, 0.1) is 12.6 Å². The van der Waals surface area contributed by atoms with E-state index < -0.39 is 46.5 Å². The van der Waals surface area contributed by atoms with Crippen LogP contribution in [0.15, 0.2) is 27.0 Å². The van der Waals surface area contributed by atoms with Crippen LogP contribution in [0.2, 0.25) is 0 Å². The van der Waals surface area contributed by atoms with Crippen molar-refractivity contribution in [3.05, 3.63) is 33.7 Å². The Morgan fingerprint density at radius 1 is 1.27 bits per heavy atom. The minimum atomic E-state index is -1.77. The second-order valence-electron chi connectivity index (χ2n) is 10.6. The first-order valence-corrected chi connectivity index (χ1v) is 16.1. The summed E-state index contributed by atoms with van der Waals surface area (Å²) in [5.41, 5.74) is 11.5. The largest absolute Gasteiger partial charge is 0.478 e. The van der Waals surface area contributed by atoms with E-state index in [2.05, 4.69) is 25.5 Å². The molecule has 5 heterocycles. The number of nitrogens with zero attached hydrogens (tertiary/aromatic N) is 7. The van der Waals surface area contributed by atoms with E-state index in [9.17, 15) is 29.4 Å². The number of thiazole rings is 1. The summed E-state index contributed by atoms with van der Waals surface area (Å²) in [7, 11) is 1.86. The van der Waals surface area contributed by atoms with Crippen LogP contribution in [0.1, 0.15) is 30.9 Å². The van der Waals surface area contributed by atoms with Gasteiger partial charge < -0.3 is 31.8 Å². The van der Waals surface area contributed by atoms with Gasteiger partial charge in [-0.2, -0.15) is 4.98 Å². The molecule has 238 valence electrons. The number of nitrogens with one attached hydrogen (secondary N) is 1. The number of carboxylic acid groups (broad SMARTS) is 2. The first-order valence-electron chi connectivity index (χ1n) is 13.2. The van der Waals surface area contributed by atoms with Crippen molar-refractivity contribution in [3.63, 3.8) is 0 Å². The number of fused-ring (bicyclic) bond motifs is 2. The zero-order valence-electron chi connectivity index (χ0n) is 24.6. The molecule has 2 atom stereocenters. The van der Waals surface area contributed by atoms with E-state index in [0.717, 1.165) is 33.3 Å². The number of β-lactam (4-membered cyclic amide) rings is 1. The average Bonchev–Trinajstić information content (AvgIpc) is 3.54. The number of rotatable bonds is 10.